The molecule has 2 nitrogen and oxygen atoms in total. The van der Waals surface area contributed by atoms with Crippen molar-refractivity contribution in [1.29, 1.82) is 0 Å². The zero-order chi connectivity index (χ0) is 43.1. The van der Waals surface area contributed by atoms with Crippen LogP contribution < -0.4 is 0 Å². The van der Waals surface area contributed by atoms with E-state index in [1.807, 2.05) is 0 Å². The van der Waals surface area contributed by atoms with Gasteiger partial charge in [0.2, 0.25) is 0 Å². The lowest BCUT2D eigenvalue weighted by atomic mass is 9.86. The summed E-state index contributed by atoms with van der Waals surface area (Å²) in [5.74, 6) is 0.942. The predicted octanol–water partition coefficient (Wildman–Crippen LogP) is 17.4. The zero-order valence-electron chi connectivity index (χ0n) is 36.7. The first kappa shape index (κ1) is 38.0. The van der Waals surface area contributed by atoms with E-state index in [4.69, 9.17) is 0 Å². The van der Waals surface area contributed by atoms with E-state index in [1.54, 1.807) is 0 Å². The van der Waals surface area contributed by atoms with E-state index < -0.39 is 0 Å². The van der Waals surface area contributed by atoms with E-state index in [9.17, 15) is 0 Å². The summed E-state index contributed by atoms with van der Waals surface area (Å²) in [7, 11) is 0. The third-order valence-electron chi connectivity index (χ3n) is 13.7. The van der Waals surface area contributed by atoms with Gasteiger partial charge in [-0.15, -0.1) is 0 Å². The lowest BCUT2D eigenvalue weighted by Crippen LogP contribution is -1.95. The van der Waals surface area contributed by atoms with Gasteiger partial charge in [0.25, 0.3) is 0 Å². The van der Waals surface area contributed by atoms with Crippen molar-refractivity contribution in [1.82, 2.24) is 9.13 Å². The Labute approximate surface area is 374 Å². The second-order valence-corrected chi connectivity index (χ2v) is 18.1. The first-order chi connectivity index (χ1) is 31.4. The van der Waals surface area contributed by atoms with Crippen LogP contribution in [0.1, 0.15) is 50.7 Å². The largest absolute Gasteiger partial charge is 0.309 e. The number of rotatable bonds is 7. The van der Waals surface area contributed by atoms with Crippen LogP contribution in [-0.2, 0) is 0 Å². The van der Waals surface area contributed by atoms with Crippen molar-refractivity contribution in [3.05, 3.63) is 217 Å². The number of hydrogen-bond donors (Lipinski definition) is 0. The molecule has 2 heterocycles. The van der Waals surface area contributed by atoms with Gasteiger partial charge in [-0.3, -0.25) is 0 Å². The van der Waals surface area contributed by atoms with E-state index in [0.29, 0.717) is 11.8 Å². The highest BCUT2D eigenvalue weighted by atomic mass is 15.0. The van der Waals surface area contributed by atoms with Gasteiger partial charge in [0.05, 0.1) is 22.1 Å². The maximum atomic E-state index is 2.44. The Bertz CT molecular complexity index is 3630. The number of hydrogen-bond acceptors (Lipinski definition) is 0. The molecule has 2 heteroatoms. The van der Waals surface area contributed by atoms with Gasteiger partial charge in [0.1, 0.15) is 0 Å². The standard InChI is InChI=1S/C62H48N2/c1-39(2)44-26-33-59-55(36-44)56-37-45(40(3)4)27-34-60(56)64(59)47-29-22-41(23-30-47)46-28-35-58-54(38-46)49-16-12-13-21-57(49)63(58)48-31-24-43(25-32-48)62-52-19-10-8-17-50(52)61(42-14-6-5-7-15-42)51-18-9-11-20-53(51)62/h5-40H,1-4H3. The summed E-state index contributed by atoms with van der Waals surface area (Å²) in [6, 6.07) is 76.8. The molecule has 0 aliphatic carbocycles. The summed E-state index contributed by atoms with van der Waals surface area (Å²) < 4.78 is 4.86. The van der Waals surface area contributed by atoms with Crippen molar-refractivity contribution in [3.63, 3.8) is 0 Å². The molecule has 0 amide bonds. The topological polar surface area (TPSA) is 9.86 Å². The number of benzene rings is 10. The SMILES string of the molecule is CC(C)c1ccc2c(c1)c1cc(C(C)C)ccc1n2-c1ccc(-c2ccc3c(c2)c2ccccc2n3-c2ccc(-c3c4ccccc4c(-c4ccccc4)c4ccccc34)cc2)cc1. The molecule has 0 aliphatic heterocycles. The van der Waals surface area contributed by atoms with Crippen LogP contribution in [0.2, 0.25) is 0 Å². The number of aromatic nitrogens is 2. The molecular formula is C62H48N2. The quantitative estimate of drug-likeness (QED) is 0.142. The van der Waals surface area contributed by atoms with Crippen LogP contribution in [0.5, 0.6) is 0 Å². The fourth-order valence-corrected chi connectivity index (χ4v) is 10.4. The van der Waals surface area contributed by atoms with Gasteiger partial charge in [-0.05, 0) is 145 Å². The summed E-state index contributed by atoms with van der Waals surface area (Å²) in [5.41, 5.74) is 17.4. The van der Waals surface area contributed by atoms with E-state index in [2.05, 4.69) is 243 Å². The number of fused-ring (bicyclic) bond motifs is 8. The zero-order valence-corrected chi connectivity index (χ0v) is 36.7. The second-order valence-electron chi connectivity index (χ2n) is 18.1. The van der Waals surface area contributed by atoms with Gasteiger partial charge in [-0.25, -0.2) is 0 Å². The average Bonchev–Trinajstić information content (AvgIpc) is 3.85. The van der Waals surface area contributed by atoms with Gasteiger partial charge in [-0.2, -0.15) is 0 Å². The maximum Gasteiger partial charge on any atom is 0.0541 e. The number of para-hydroxylation sites is 1. The minimum Gasteiger partial charge on any atom is -0.309 e. The van der Waals surface area contributed by atoms with E-state index in [1.165, 1.54) is 115 Å². The van der Waals surface area contributed by atoms with Crippen molar-refractivity contribution in [2.75, 3.05) is 0 Å². The van der Waals surface area contributed by atoms with Crippen LogP contribution >= 0.6 is 0 Å². The molecule has 0 aliphatic rings. The van der Waals surface area contributed by atoms with Crippen LogP contribution in [-0.4, -0.2) is 9.13 Å². The van der Waals surface area contributed by atoms with Crippen molar-refractivity contribution in [2.24, 2.45) is 0 Å². The Morgan fingerprint density at radius 2 is 0.625 bits per heavy atom. The summed E-state index contributed by atoms with van der Waals surface area (Å²) in [6.45, 7) is 9.11. The molecule has 12 aromatic rings. The van der Waals surface area contributed by atoms with Gasteiger partial charge >= 0.3 is 0 Å². The van der Waals surface area contributed by atoms with Gasteiger partial charge in [0.15, 0.2) is 0 Å². The normalized spacial score (nSPS) is 12.0. The molecule has 0 N–H and O–H groups in total. The molecule has 306 valence electrons. The Morgan fingerprint density at radius 3 is 1.11 bits per heavy atom. The molecule has 0 unspecified atom stereocenters. The summed E-state index contributed by atoms with van der Waals surface area (Å²) in [6.07, 6.45) is 0. The first-order valence-electron chi connectivity index (χ1n) is 22.7. The number of nitrogens with zero attached hydrogens (tertiary/aromatic N) is 2. The highest BCUT2D eigenvalue weighted by Crippen LogP contribution is 2.44. The van der Waals surface area contributed by atoms with Crippen molar-refractivity contribution in [2.45, 2.75) is 39.5 Å². The molecular weight excluding hydrogens is 773 g/mol. The van der Waals surface area contributed by atoms with Crippen molar-refractivity contribution >= 4 is 65.2 Å². The second kappa shape index (κ2) is 15.0. The molecule has 0 bridgehead atoms. The van der Waals surface area contributed by atoms with E-state index in [-0.39, 0.29) is 0 Å². The average molecular weight is 821 g/mol. The lowest BCUT2D eigenvalue weighted by molar-refractivity contribution is 0.868. The monoisotopic (exact) mass is 820 g/mol. The predicted molar refractivity (Wildman–Crippen MR) is 275 cm³/mol. The minimum absolute atomic E-state index is 0.471. The molecule has 10 aromatic carbocycles. The summed E-state index contributed by atoms with van der Waals surface area (Å²) in [5, 5.41) is 10.2. The molecule has 0 saturated carbocycles. The molecule has 0 atom stereocenters. The van der Waals surface area contributed by atoms with Gasteiger partial charge < -0.3 is 9.13 Å². The summed E-state index contributed by atoms with van der Waals surface area (Å²) in [4.78, 5) is 0. The van der Waals surface area contributed by atoms with Gasteiger partial charge in [0, 0.05) is 32.9 Å². The Kier molecular flexibility index (Phi) is 8.91. The minimum atomic E-state index is 0.471. The van der Waals surface area contributed by atoms with Crippen molar-refractivity contribution in [3.8, 4) is 44.8 Å². The van der Waals surface area contributed by atoms with Crippen LogP contribution in [0.25, 0.3) is 110 Å². The summed E-state index contributed by atoms with van der Waals surface area (Å²) >= 11 is 0. The third kappa shape index (κ3) is 6.01. The Hall–Kier alpha value is -7.68. The van der Waals surface area contributed by atoms with Crippen LogP contribution in [0.3, 0.4) is 0 Å². The molecule has 0 saturated heterocycles. The van der Waals surface area contributed by atoms with E-state index >= 15 is 0 Å². The van der Waals surface area contributed by atoms with Crippen molar-refractivity contribution < 1.29 is 0 Å². The highest BCUT2D eigenvalue weighted by Gasteiger charge is 2.19. The van der Waals surface area contributed by atoms with Gasteiger partial charge in [-0.1, -0.05) is 167 Å². The van der Waals surface area contributed by atoms with Crippen LogP contribution in [0.15, 0.2) is 206 Å². The van der Waals surface area contributed by atoms with Crippen LogP contribution in [0, 0.1) is 0 Å². The fourth-order valence-electron chi connectivity index (χ4n) is 10.4. The molecule has 0 radical (unpaired) electrons. The molecule has 0 fully saturated rings. The van der Waals surface area contributed by atoms with Crippen LogP contribution in [0.4, 0.5) is 0 Å². The molecule has 64 heavy (non-hydrogen) atoms. The van der Waals surface area contributed by atoms with E-state index in [0.717, 1.165) is 5.69 Å². The lowest BCUT2D eigenvalue weighted by Gasteiger charge is -2.18. The Balaban J connectivity index is 0.939. The fraction of sp³-hybridized carbons (Fsp3) is 0.0968. The molecule has 12 rings (SSSR count). The molecule has 0 spiro atoms. The molecule has 2 aromatic heterocycles. The third-order valence-corrected chi connectivity index (χ3v) is 13.7. The first-order valence-corrected chi connectivity index (χ1v) is 22.7. The highest BCUT2D eigenvalue weighted by molar-refractivity contribution is 6.21. The smallest absolute Gasteiger partial charge is 0.0541 e. The Morgan fingerprint density at radius 1 is 0.266 bits per heavy atom. The maximum absolute atomic E-state index is 2.44.